The van der Waals surface area contributed by atoms with Gasteiger partial charge in [-0.3, -0.25) is 4.79 Å². The van der Waals surface area contributed by atoms with Crippen LogP contribution in [-0.2, 0) is 4.79 Å². The Morgan fingerprint density at radius 1 is 1.00 bits per heavy atom. The van der Waals surface area contributed by atoms with Gasteiger partial charge in [0.1, 0.15) is 0 Å². The molecule has 0 aromatic heterocycles. The van der Waals surface area contributed by atoms with E-state index in [1.54, 1.807) is 0 Å². The Kier molecular flexibility index (Phi) is 6.52. The first-order valence-electron chi connectivity index (χ1n) is 8.99. The molecule has 1 N–H and O–H groups in total. The predicted molar refractivity (Wildman–Crippen MR) is 87.6 cm³/mol. The third-order valence-electron chi connectivity index (χ3n) is 5.12. The second-order valence-corrected chi connectivity index (χ2v) is 6.56. The van der Waals surface area contributed by atoms with Gasteiger partial charge < -0.3 is 15.1 Å². The van der Waals surface area contributed by atoms with E-state index in [1.165, 1.54) is 19.3 Å². The van der Waals surface area contributed by atoms with Gasteiger partial charge in [0.05, 0.1) is 0 Å². The van der Waals surface area contributed by atoms with Crippen LogP contribution in [0.25, 0.3) is 0 Å². The minimum atomic E-state index is 0.141. The fourth-order valence-electron chi connectivity index (χ4n) is 3.59. The maximum Gasteiger partial charge on any atom is 0.319 e. The number of nitrogens with one attached hydrogen (secondary N) is 1. The van der Waals surface area contributed by atoms with Crippen LogP contribution >= 0.6 is 0 Å². The highest BCUT2D eigenvalue weighted by Crippen LogP contribution is 2.24. The summed E-state index contributed by atoms with van der Waals surface area (Å²) in [7, 11) is 0. The van der Waals surface area contributed by atoms with Gasteiger partial charge >= 0.3 is 6.03 Å². The first kappa shape index (κ1) is 17.1. The number of rotatable bonds is 4. The monoisotopic (exact) mass is 309 g/mol. The highest BCUT2D eigenvalue weighted by molar-refractivity contribution is 5.79. The molecule has 0 aromatic carbocycles. The number of hydrogen-bond acceptors (Lipinski definition) is 2. The molecular formula is C17H31N3O2. The fourth-order valence-corrected chi connectivity index (χ4v) is 3.59. The molecular weight excluding hydrogens is 278 g/mol. The molecule has 3 amide bonds. The van der Waals surface area contributed by atoms with E-state index in [2.05, 4.69) is 5.32 Å². The molecule has 5 nitrogen and oxygen atoms in total. The van der Waals surface area contributed by atoms with Crippen molar-refractivity contribution in [3.8, 4) is 0 Å². The van der Waals surface area contributed by atoms with Crippen LogP contribution in [0, 0.1) is 5.92 Å². The Morgan fingerprint density at radius 2 is 1.59 bits per heavy atom. The van der Waals surface area contributed by atoms with Gasteiger partial charge in [0.2, 0.25) is 5.91 Å². The SMILES string of the molecule is CCN(CC)C(=O)N1CCC(NC(=O)C2CCCCC2)CC1. The lowest BCUT2D eigenvalue weighted by atomic mass is 9.88. The van der Waals surface area contributed by atoms with Crippen molar-refractivity contribution in [2.24, 2.45) is 5.92 Å². The van der Waals surface area contributed by atoms with E-state index in [0.717, 1.165) is 51.9 Å². The minimum absolute atomic E-state index is 0.141. The van der Waals surface area contributed by atoms with Crippen LogP contribution in [-0.4, -0.2) is 54.0 Å². The van der Waals surface area contributed by atoms with E-state index in [9.17, 15) is 9.59 Å². The first-order valence-corrected chi connectivity index (χ1v) is 8.99. The zero-order valence-electron chi connectivity index (χ0n) is 14.1. The van der Waals surface area contributed by atoms with Crippen LogP contribution in [0.5, 0.6) is 0 Å². The molecule has 0 spiro atoms. The second-order valence-electron chi connectivity index (χ2n) is 6.56. The normalized spacial score (nSPS) is 20.7. The number of urea groups is 1. The first-order chi connectivity index (χ1) is 10.7. The van der Waals surface area contributed by atoms with Crippen LogP contribution < -0.4 is 5.32 Å². The Hall–Kier alpha value is -1.26. The Labute approximate surface area is 134 Å². The smallest absolute Gasteiger partial charge is 0.319 e. The summed E-state index contributed by atoms with van der Waals surface area (Å²) in [5.74, 6) is 0.470. The van der Waals surface area contributed by atoms with Crippen LogP contribution in [0.4, 0.5) is 4.79 Å². The average molecular weight is 309 g/mol. The topological polar surface area (TPSA) is 52.7 Å². The van der Waals surface area contributed by atoms with Crippen molar-refractivity contribution in [1.82, 2.24) is 15.1 Å². The average Bonchev–Trinajstić information content (AvgIpc) is 2.57. The fraction of sp³-hybridized carbons (Fsp3) is 0.882. The summed E-state index contributed by atoms with van der Waals surface area (Å²) in [5.41, 5.74) is 0. The van der Waals surface area contributed by atoms with Crippen LogP contribution in [0.1, 0.15) is 58.8 Å². The molecule has 22 heavy (non-hydrogen) atoms. The van der Waals surface area contributed by atoms with E-state index in [-0.39, 0.29) is 23.9 Å². The van der Waals surface area contributed by atoms with Gasteiger partial charge in [-0.05, 0) is 39.5 Å². The van der Waals surface area contributed by atoms with E-state index >= 15 is 0 Å². The maximum absolute atomic E-state index is 12.3. The van der Waals surface area contributed by atoms with Crippen molar-refractivity contribution < 1.29 is 9.59 Å². The molecule has 0 radical (unpaired) electrons. The molecule has 1 saturated heterocycles. The van der Waals surface area contributed by atoms with Crippen molar-refractivity contribution in [2.45, 2.75) is 64.8 Å². The predicted octanol–water partition coefficient (Wildman–Crippen LogP) is 2.61. The van der Waals surface area contributed by atoms with Crippen LogP contribution in [0.15, 0.2) is 0 Å². The van der Waals surface area contributed by atoms with Crippen LogP contribution in [0.2, 0.25) is 0 Å². The van der Waals surface area contributed by atoms with Crippen molar-refractivity contribution in [3.05, 3.63) is 0 Å². The Balaban J connectivity index is 1.74. The maximum atomic E-state index is 12.3. The number of carbonyl (C=O) groups excluding carboxylic acids is 2. The molecule has 0 atom stereocenters. The summed E-state index contributed by atoms with van der Waals surface area (Å²) in [6.07, 6.45) is 7.51. The van der Waals surface area contributed by atoms with Gasteiger partial charge in [-0.2, -0.15) is 0 Å². The zero-order valence-corrected chi connectivity index (χ0v) is 14.1. The molecule has 2 fully saturated rings. The largest absolute Gasteiger partial charge is 0.353 e. The van der Waals surface area contributed by atoms with E-state index in [4.69, 9.17) is 0 Å². The molecule has 5 heteroatoms. The van der Waals surface area contributed by atoms with Gasteiger partial charge in [0, 0.05) is 38.1 Å². The van der Waals surface area contributed by atoms with Crippen molar-refractivity contribution in [1.29, 1.82) is 0 Å². The van der Waals surface area contributed by atoms with E-state index < -0.39 is 0 Å². The lowest BCUT2D eigenvalue weighted by molar-refractivity contribution is -0.126. The molecule has 0 aromatic rings. The van der Waals surface area contributed by atoms with Gasteiger partial charge in [-0.1, -0.05) is 19.3 Å². The summed E-state index contributed by atoms with van der Waals surface area (Å²) in [4.78, 5) is 28.4. The van der Waals surface area contributed by atoms with Gasteiger partial charge in [-0.25, -0.2) is 4.79 Å². The molecule has 2 aliphatic rings. The van der Waals surface area contributed by atoms with Crippen molar-refractivity contribution in [3.63, 3.8) is 0 Å². The molecule has 0 bridgehead atoms. The lowest BCUT2D eigenvalue weighted by Crippen LogP contribution is -2.51. The molecule has 0 unspecified atom stereocenters. The zero-order chi connectivity index (χ0) is 15.9. The highest BCUT2D eigenvalue weighted by atomic mass is 16.2. The molecule has 1 aliphatic carbocycles. The Bertz CT molecular complexity index is 368. The van der Waals surface area contributed by atoms with Gasteiger partial charge in [0.25, 0.3) is 0 Å². The highest BCUT2D eigenvalue weighted by Gasteiger charge is 2.28. The summed E-state index contributed by atoms with van der Waals surface area (Å²) < 4.78 is 0. The lowest BCUT2D eigenvalue weighted by Gasteiger charge is -2.36. The third-order valence-corrected chi connectivity index (χ3v) is 5.12. The summed E-state index contributed by atoms with van der Waals surface area (Å²) in [6.45, 7) is 7.05. The van der Waals surface area contributed by atoms with Crippen LogP contribution in [0.3, 0.4) is 0 Å². The standard InChI is InChI=1S/C17H31N3O2/c1-3-19(4-2)17(22)20-12-10-15(11-13-20)18-16(21)14-8-6-5-7-9-14/h14-15H,3-13H2,1-2H3,(H,18,21). The number of nitrogens with zero attached hydrogens (tertiary/aromatic N) is 2. The number of carbonyl (C=O) groups is 2. The van der Waals surface area contributed by atoms with E-state index in [0.29, 0.717) is 0 Å². The quantitative estimate of drug-likeness (QED) is 0.868. The molecule has 126 valence electrons. The number of hydrogen-bond donors (Lipinski definition) is 1. The molecule has 1 heterocycles. The number of amides is 3. The number of likely N-dealkylation sites (tertiary alicyclic amines) is 1. The van der Waals surface area contributed by atoms with E-state index in [1.807, 2.05) is 23.6 Å². The van der Waals surface area contributed by atoms with Gasteiger partial charge in [0.15, 0.2) is 0 Å². The molecule has 1 saturated carbocycles. The summed E-state index contributed by atoms with van der Waals surface area (Å²) >= 11 is 0. The molecule has 1 aliphatic heterocycles. The minimum Gasteiger partial charge on any atom is -0.353 e. The van der Waals surface area contributed by atoms with Crippen molar-refractivity contribution in [2.75, 3.05) is 26.2 Å². The molecule has 2 rings (SSSR count). The summed E-state index contributed by atoms with van der Waals surface area (Å²) in [5, 5.41) is 3.21. The second kappa shape index (κ2) is 8.39. The third kappa shape index (κ3) is 4.37. The summed E-state index contributed by atoms with van der Waals surface area (Å²) in [6, 6.07) is 0.386. The Morgan fingerprint density at radius 3 is 2.14 bits per heavy atom. The number of piperidine rings is 1. The van der Waals surface area contributed by atoms with Crippen molar-refractivity contribution >= 4 is 11.9 Å². The van der Waals surface area contributed by atoms with Gasteiger partial charge in [-0.15, -0.1) is 0 Å².